The highest BCUT2D eigenvalue weighted by Gasteiger charge is 2.36. The molecule has 2 aliphatic heterocycles. The normalized spacial score (nSPS) is 20.9. The van der Waals surface area contributed by atoms with Crippen molar-refractivity contribution in [1.29, 1.82) is 0 Å². The van der Waals surface area contributed by atoms with E-state index in [-0.39, 0.29) is 5.69 Å². The molecule has 0 radical (unpaired) electrons. The molecule has 7 nitrogen and oxygen atoms in total. The lowest BCUT2D eigenvalue weighted by Crippen LogP contribution is -2.26. The summed E-state index contributed by atoms with van der Waals surface area (Å²) in [5.41, 5.74) is 7.30. The monoisotopic (exact) mass is 378 g/mol. The Hall–Kier alpha value is -3.24. The van der Waals surface area contributed by atoms with E-state index in [9.17, 15) is 9.90 Å². The zero-order valence-corrected chi connectivity index (χ0v) is 15.7. The topological polar surface area (TPSA) is 93.6 Å². The lowest BCUT2D eigenvalue weighted by atomic mass is 10.0. The van der Waals surface area contributed by atoms with Crippen LogP contribution in [0, 0.1) is 11.8 Å². The average molecular weight is 378 g/mol. The number of carbonyl (C=O) groups excluding carboxylic acids is 1. The SMILES string of the molecule is C=C1N(C)CCC1(O)C#Cc1cccc(-n2nc(C(N)=O)c3c2OCCC3)c1. The van der Waals surface area contributed by atoms with Crippen LogP contribution >= 0.6 is 0 Å². The van der Waals surface area contributed by atoms with Crippen molar-refractivity contribution >= 4 is 5.91 Å². The van der Waals surface area contributed by atoms with Gasteiger partial charge in [0.1, 0.15) is 0 Å². The maximum Gasteiger partial charge on any atom is 0.269 e. The van der Waals surface area contributed by atoms with Crippen LogP contribution < -0.4 is 10.5 Å². The molecule has 1 aromatic heterocycles. The highest BCUT2D eigenvalue weighted by atomic mass is 16.5. The zero-order valence-electron chi connectivity index (χ0n) is 15.7. The summed E-state index contributed by atoms with van der Waals surface area (Å²) in [5, 5.41) is 15.1. The van der Waals surface area contributed by atoms with Crippen molar-refractivity contribution in [2.45, 2.75) is 24.9 Å². The van der Waals surface area contributed by atoms with Gasteiger partial charge in [-0.25, -0.2) is 4.68 Å². The first-order chi connectivity index (χ1) is 13.4. The van der Waals surface area contributed by atoms with Gasteiger partial charge in [0, 0.05) is 31.1 Å². The number of fused-ring (bicyclic) bond motifs is 1. The fourth-order valence-corrected chi connectivity index (χ4v) is 3.55. The second kappa shape index (κ2) is 6.73. The number of likely N-dealkylation sites (tertiary alicyclic amines) is 1. The number of hydrogen-bond acceptors (Lipinski definition) is 5. The van der Waals surface area contributed by atoms with E-state index in [2.05, 4.69) is 23.5 Å². The van der Waals surface area contributed by atoms with Crippen LogP contribution in [0.3, 0.4) is 0 Å². The van der Waals surface area contributed by atoms with E-state index in [1.165, 1.54) is 0 Å². The quantitative estimate of drug-likeness (QED) is 0.767. The minimum atomic E-state index is -1.21. The Bertz CT molecular complexity index is 1030. The van der Waals surface area contributed by atoms with E-state index >= 15 is 0 Å². The molecule has 3 heterocycles. The fraction of sp³-hybridized carbons (Fsp3) is 0.333. The van der Waals surface area contributed by atoms with E-state index in [1.807, 2.05) is 36.2 Å². The summed E-state index contributed by atoms with van der Waals surface area (Å²) in [6.45, 7) is 5.22. The van der Waals surface area contributed by atoms with Gasteiger partial charge in [0.2, 0.25) is 5.88 Å². The van der Waals surface area contributed by atoms with E-state index in [4.69, 9.17) is 10.5 Å². The lowest BCUT2D eigenvalue weighted by molar-refractivity contribution is 0.0994. The fourth-order valence-electron chi connectivity index (χ4n) is 3.55. The minimum absolute atomic E-state index is 0.241. The molecule has 1 fully saturated rings. The van der Waals surface area contributed by atoms with Crippen molar-refractivity contribution in [3.05, 3.63) is 53.4 Å². The molecule has 4 rings (SSSR count). The number of benzene rings is 1. The maximum atomic E-state index is 11.8. The van der Waals surface area contributed by atoms with Crippen LogP contribution in [0.1, 0.15) is 34.5 Å². The lowest BCUT2D eigenvalue weighted by Gasteiger charge is -2.19. The molecule has 1 atom stereocenters. The van der Waals surface area contributed by atoms with Crippen LogP contribution in [-0.2, 0) is 6.42 Å². The van der Waals surface area contributed by atoms with Crippen LogP contribution in [0.2, 0.25) is 0 Å². The van der Waals surface area contributed by atoms with E-state index in [1.54, 1.807) is 4.68 Å². The van der Waals surface area contributed by atoms with E-state index < -0.39 is 11.5 Å². The molecule has 0 bridgehead atoms. The Morgan fingerprint density at radius 3 is 3.00 bits per heavy atom. The van der Waals surface area contributed by atoms with Gasteiger partial charge in [0.15, 0.2) is 11.3 Å². The van der Waals surface area contributed by atoms with Gasteiger partial charge in [-0.3, -0.25) is 4.79 Å². The first-order valence-electron chi connectivity index (χ1n) is 9.20. The third-order valence-corrected chi connectivity index (χ3v) is 5.23. The van der Waals surface area contributed by atoms with Crippen LogP contribution in [0.25, 0.3) is 5.69 Å². The molecule has 1 aromatic carbocycles. The molecule has 1 unspecified atom stereocenters. The van der Waals surface area contributed by atoms with Crippen molar-refractivity contribution in [1.82, 2.24) is 14.7 Å². The second-order valence-corrected chi connectivity index (χ2v) is 7.14. The largest absolute Gasteiger partial charge is 0.477 e. The average Bonchev–Trinajstić information content (AvgIpc) is 3.21. The molecule has 2 aromatic rings. The molecular formula is C21H22N4O3. The number of carbonyl (C=O) groups is 1. The first kappa shape index (κ1) is 18.1. The van der Waals surface area contributed by atoms with Crippen LogP contribution in [0.4, 0.5) is 0 Å². The number of nitrogens with two attached hydrogens (primary N) is 1. The Morgan fingerprint density at radius 2 is 2.29 bits per heavy atom. The third-order valence-electron chi connectivity index (χ3n) is 5.23. The smallest absolute Gasteiger partial charge is 0.269 e. The van der Waals surface area contributed by atoms with Crippen molar-refractivity contribution < 1.29 is 14.6 Å². The number of hydrogen-bond donors (Lipinski definition) is 2. The van der Waals surface area contributed by atoms with Gasteiger partial charge in [-0.05, 0) is 31.0 Å². The molecule has 1 amide bonds. The van der Waals surface area contributed by atoms with Crippen LogP contribution in [0.5, 0.6) is 5.88 Å². The Balaban J connectivity index is 1.71. The minimum Gasteiger partial charge on any atom is -0.477 e. The predicted molar refractivity (Wildman–Crippen MR) is 104 cm³/mol. The summed E-state index contributed by atoms with van der Waals surface area (Å²) in [4.78, 5) is 13.7. The number of amides is 1. The molecular weight excluding hydrogens is 356 g/mol. The first-order valence-corrected chi connectivity index (χ1v) is 9.20. The molecule has 0 saturated carbocycles. The van der Waals surface area contributed by atoms with Crippen LogP contribution in [-0.4, -0.2) is 51.5 Å². The summed E-state index contributed by atoms with van der Waals surface area (Å²) in [6, 6.07) is 7.40. The summed E-state index contributed by atoms with van der Waals surface area (Å²) in [6.07, 6.45) is 2.05. The van der Waals surface area contributed by atoms with E-state index in [0.29, 0.717) is 42.3 Å². The van der Waals surface area contributed by atoms with Gasteiger partial charge in [-0.15, -0.1) is 0 Å². The van der Waals surface area contributed by atoms with Crippen molar-refractivity contribution in [3.8, 4) is 23.4 Å². The molecule has 7 heteroatoms. The highest BCUT2D eigenvalue weighted by Crippen LogP contribution is 2.31. The van der Waals surface area contributed by atoms with Gasteiger partial charge in [0.05, 0.1) is 18.0 Å². The van der Waals surface area contributed by atoms with Crippen molar-refractivity contribution in [2.75, 3.05) is 20.2 Å². The summed E-state index contributed by atoms with van der Waals surface area (Å²) < 4.78 is 7.36. The molecule has 144 valence electrons. The highest BCUT2D eigenvalue weighted by molar-refractivity contribution is 5.93. The molecule has 28 heavy (non-hydrogen) atoms. The number of likely N-dealkylation sites (N-methyl/N-ethyl adjacent to an activating group) is 1. The molecule has 1 saturated heterocycles. The molecule has 2 aliphatic rings. The van der Waals surface area contributed by atoms with E-state index in [0.717, 1.165) is 18.5 Å². The number of rotatable bonds is 2. The number of primary amides is 1. The molecule has 0 spiro atoms. The standard InChI is InChI=1S/C21H22N4O3/c1-14-21(27,10-11-24(14)2)9-8-15-5-3-6-16(13-15)25-20-17(7-4-12-28-20)18(23-25)19(22)26/h3,5-6,13,27H,1,4,7,10-12H2,2H3,(H2,22,26). The van der Waals surface area contributed by atoms with Crippen molar-refractivity contribution in [2.24, 2.45) is 5.73 Å². The van der Waals surface area contributed by atoms with Gasteiger partial charge < -0.3 is 20.5 Å². The predicted octanol–water partition coefficient (Wildman–Crippen LogP) is 1.23. The number of ether oxygens (including phenoxy) is 1. The Labute approximate surface area is 163 Å². The van der Waals surface area contributed by atoms with Crippen molar-refractivity contribution in [3.63, 3.8) is 0 Å². The van der Waals surface area contributed by atoms with Gasteiger partial charge in [0.25, 0.3) is 5.91 Å². The van der Waals surface area contributed by atoms with Gasteiger partial charge in [-0.2, -0.15) is 5.10 Å². The molecule has 0 aliphatic carbocycles. The van der Waals surface area contributed by atoms with Gasteiger partial charge in [-0.1, -0.05) is 24.5 Å². The summed E-state index contributed by atoms with van der Waals surface area (Å²) in [5.74, 6) is 5.97. The molecule has 3 N–H and O–H groups in total. The number of aliphatic hydroxyl groups is 1. The van der Waals surface area contributed by atoms with Crippen LogP contribution in [0.15, 0.2) is 36.5 Å². The third kappa shape index (κ3) is 3.02. The second-order valence-electron chi connectivity index (χ2n) is 7.14. The summed E-state index contributed by atoms with van der Waals surface area (Å²) >= 11 is 0. The zero-order chi connectivity index (χ0) is 19.9. The van der Waals surface area contributed by atoms with Gasteiger partial charge >= 0.3 is 0 Å². The Morgan fingerprint density at radius 1 is 1.46 bits per heavy atom. The summed E-state index contributed by atoms with van der Waals surface area (Å²) in [7, 11) is 1.89. The maximum absolute atomic E-state index is 11.8. The Kier molecular flexibility index (Phi) is 4.36. The number of aromatic nitrogens is 2. The number of nitrogens with zero attached hydrogens (tertiary/aromatic N) is 3.